The van der Waals surface area contributed by atoms with Gasteiger partial charge in [0.05, 0.1) is 5.92 Å². The predicted molar refractivity (Wildman–Crippen MR) is 140 cm³/mol. The van der Waals surface area contributed by atoms with E-state index >= 15 is 0 Å². The Morgan fingerprint density at radius 3 is 2.68 bits per heavy atom. The average molecular weight is 480 g/mol. The topological polar surface area (TPSA) is 74.2 Å². The molecule has 34 heavy (non-hydrogen) atoms. The maximum absolute atomic E-state index is 11.7. The number of nitrogens with one attached hydrogen (secondary N) is 1. The van der Waals surface area contributed by atoms with E-state index in [1.807, 2.05) is 87.6 Å². The van der Waals surface area contributed by atoms with Gasteiger partial charge >= 0.3 is 5.97 Å². The van der Waals surface area contributed by atoms with E-state index in [-0.39, 0.29) is 6.02 Å². The number of carboxylic acids is 1. The van der Waals surface area contributed by atoms with Gasteiger partial charge in [0.2, 0.25) is 0 Å². The second kappa shape index (κ2) is 10.6. The monoisotopic (exact) mass is 479 g/mol. The van der Waals surface area contributed by atoms with Crippen molar-refractivity contribution in [2.24, 2.45) is 16.3 Å². The minimum absolute atomic E-state index is 0.246. The highest BCUT2D eigenvalue weighted by atomic mass is 35.5. The van der Waals surface area contributed by atoms with E-state index < -0.39 is 17.3 Å². The van der Waals surface area contributed by atoms with Gasteiger partial charge in [-0.25, -0.2) is 4.99 Å². The maximum Gasteiger partial charge on any atom is 0.311 e. The van der Waals surface area contributed by atoms with Gasteiger partial charge in [0.25, 0.3) is 6.02 Å². The van der Waals surface area contributed by atoms with E-state index in [0.29, 0.717) is 10.8 Å². The summed E-state index contributed by atoms with van der Waals surface area (Å²) in [5.41, 5.74) is 3.15. The molecule has 2 aromatic rings. The van der Waals surface area contributed by atoms with Gasteiger partial charge in [0, 0.05) is 37.4 Å². The van der Waals surface area contributed by atoms with E-state index in [2.05, 4.69) is 16.4 Å². The van der Waals surface area contributed by atoms with Gasteiger partial charge < -0.3 is 20.1 Å². The van der Waals surface area contributed by atoms with E-state index in [9.17, 15) is 9.90 Å². The summed E-state index contributed by atoms with van der Waals surface area (Å²) in [4.78, 5) is 17.8. The van der Waals surface area contributed by atoms with Crippen LogP contribution in [-0.2, 0) is 9.53 Å². The minimum Gasteiger partial charge on any atom is -0.481 e. The highest BCUT2D eigenvalue weighted by molar-refractivity contribution is 6.33. The Kier molecular flexibility index (Phi) is 7.84. The van der Waals surface area contributed by atoms with Crippen LogP contribution in [0.4, 0.5) is 5.69 Å². The SMILES string of the molecule is CN=C(Nc1ccc(Cl)c(-c2cccc(/C=C\N(C)C)c2)c1)OC1=CC(C(=O)O)C(C)(C)C=C1. The lowest BCUT2D eigenvalue weighted by Gasteiger charge is -2.29. The van der Waals surface area contributed by atoms with Crippen molar-refractivity contribution in [3.05, 3.63) is 83.2 Å². The van der Waals surface area contributed by atoms with Crippen LogP contribution in [-0.4, -0.2) is 43.1 Å². The first-order valence-electron chi connectivity index (χ1n) is 10.9. The van der Waals surface area contributed by atoms with Crippen LogP contribution in [0, 0.1) is 11.3 Å². The molecule has 0 aliphatic heterocycles. The van der Waals surface area contributed by atoms with E-state index in [4.69, 9.17) is 16.3 Å². The molecule has 0 radical (unpaired) electrons. The number of anilines is 1. The summed E-state index contributed by atoms with van der Waals surface area (Å²) in [5.74, 6) is -1.17. The van der Waals surface area contributed by atoms with Crippen molar-refractivity contribution in [1.29, 1.82) is 0 Å². The number of benzene rings is 2. The number of rotatable bonds is 6. The molecule has 0 saturated carbocycles. The van der Waals surface area contributed by atoms with Crippen LogP contribution in [0.25, 0.3) is 17.2 Å². The number of aliphatic imine (C=N–C) groups is 1. The first-order valence-corrected chi connectivity index (χ1v) is 11.3. The van der Waals surface area contributed by atoms with Crippen molar-refractivity contribution >= 4 is 35.4 Å². The molecule has 0 spiro atoms. The number of hydrogen-bond acceptors (Lipinski definition) is 4. The van der Waals surface area contributed by atoms with Crippen LogP contribution in [0.5, 0.6) is 0 Å². The fraction of sp³-hybridized carbons (Fsp3) is 0.259. The van der Waals surface area contributed by atoms with Crippen LogP contribution >= 0.6 is 11.6 Å². The second-order valence-electron chi connectivity index (χ2n) is 8.89. The molecular formula is C27H30ClN3O3. The molecule has 0 heterocycles. The molecule has 2 aromatic carbocycles. The molecule has 2 N–H and O–H groups in total. The van der Waals surface area contributed by atoms with Gasteiger partial charge in [-0.2, -0.15) is 0 Å². The third-order valence-electron chi connectivity index (χ3n) is 5.47. The lowest BCUT2D eigenvalue weighted by molar-refractivity contribution is -0.142. The summed E-state index contributed by atoms with van der Waals surface area (Å²) in [6, 6.07) is 13.9. The minimum atomic E-state index is -0.900. The van der Waals surface area contributed by atoms with Crippen molar-refractivity contribution in [1.82, 2.24) is 4.90 Å². The maximum atomic E-state index is 11.7. The van der Waals surface area contributed by atoms with Gasteiger partial charge in [0.1, 0.15) is 5.76 Å². The molecule has 1 unspecified atom stereocenters. The Labute approximate surface area is 205 Å². The van der Waals surface area contributed by atoms with Crippen LogP contribution in [0.3, 0.4) is 0 Å². The standard InChI is InChI=1S/C27H30ClN3O3/c1-27(2)13-11-21(17-23(27)25(32)33)34-26(29-3)30-20-9-10-24(28)22(16-20)19-8-6-7-18(15-19)12-14-31(4)5/h6-17,23H,1-5H3,(H,29,30)(H,32,33)/b14-12-. The van der Waals surface area contributed by atoms with Crippen LogP contribution in [0.2, 0.25) is 5.02 Å². The number of carboxylic acid groups (broad SMARTS) is 1. The molecule has 0 bridgehead atoms. The number of nitrogens with zero attached hydrogens (tertiary/aromatic N) is 2. The number of amidine groups is 1. The summed E-state index contributed by atoms with van der Waals surface area (Å²) in [5, 5.41) is 13.3. The molecule has 0 amide bonds. The first kappa shape index (κ1) is 25.1. The fourth-order valence-electron chi connectivity index (χ4n) is 3.52. The van der Waals surface area contributed by atoms with Crippen molar-refractivity contribution < 1.29 is 14.6 Å². The number of ether oxygens (including phenoxy) is 1. The third-order valence-corrected chi connectivity index (χ3v) is 5.80. The second-order valence-corrected chi connectivity index (χ2v) is 9.30. The van der Waals surface area contributed by atoms with Crippen LogP contribution in [0.15, 0.2) is 77.6 Å². The van der Waals surface area contributed by atoms with Crippen LogP contribution < -0.4 is 5.32 Å². The molecular weight excluding hydrogens is 450 g/mol. The molecule has 1 aliphatic rings. The van der Waals surface area contributed by atoms with Crippen molar-refractivity contribution in [3.63, 3.8) is 0 Å². The summed E-state index contributed by atoms with van der Waals surface area (Å²) in [6.45, 7) is 3.76. The highest BCUT2D eigenvalue weighted by Gasteiger charge is 2.34. The smallest absolute Gasteiger partial charge is 0.311 e. The van der Waals surface area contributed by atoms with E-state index in [1.165, 1.54) is 0 Å². The zero-order chi connectivity index (χ0) is 24.9. The molecule has 178 valence electrons. The predicted octanol–water partition coefficient (Wildman–Crippen LogP) is 6.13. The zero-order valence-electron chi connectivity index (χ0n) is 20.0. The average Bonchev–Trinajstić information content (AvgIpc) is 2.79. The molecule has 7 heteroatoms. The van der Waals surface area contributed by atoms with Crippen molar-refractivity contribution in [3.8, 4) is 11.1 Å². The normalized spacial score (nSPS) is 17.4. The van der Waals surface area contributed by atoms with Crippen LogP contribution in [0.1, 0.15) is 19.4 Å². The fourth-order valence-corrected chi connectivity index (χ4v) is 3.75. The highest BCUT2D eigenvalue weighted by Crippen LogP contribution is 2.35. The van der Waals surface area contributed by atoms with Crippen molar-refractivity contribution in [2.45, 2.75) is 13.8 Å². The largest absolute Gasteiger partial charge is 0.481 e. The Morgan fingerprint density at radius 1 is 1.24 bits per heavy atom. The van der Waals surface area contributed by atoms with Gasteiger partial charge in [-0.05, 0) is 65.2 Å². The summed E-state index contributed by atoms with van der Waals surface area (Å²) >= 11 is 6.52. The molecule has 0 saturated heterocycles. The summed E-state index contributed by atoms with van der Waals surface area (Å²) in [7, 11) is 5.55. The van der Waals surface area contributed by atoms with Gasteiger partial charge in [-0.1, -0.05) is 49.7 Å². The quantitative estimate of drug-likeness (QED) is 0.385. The molecule has 1 aliphatic carbocycles. The van der Waals surface area contributed by atoms with Gasteiger partial charge in [0.15, 0.2) is 0 Å². The summed E-state index contributed by atoms with van der Waals surface area (Å²) in [6.07, 6.45) is 9.24. The number of halogens is 1. The number of hydrogen-bond donors (Lipinski definition) is 2. The van der Waals surface area contributed by atoms with Gasteiger partial charge in [-0.3, -0.25) is 4.79 Å². The van der Waals surface area contributed by atoms with Crippen molar-refractivity contribution in [2.75, 3.05) is 26.5 Å². The number of aliphatic carboxylic acids is 1. The molecule has 3 rings (SSSR count). The Bertz CT molecular complexity index is 1180. The Balaban J connectivity index is 1.82. The lowest BCUT2D eigenvalue weighted by atomic mass is 9.76. The first-order chi connectivity index (χ1) is 16.1. The zero-order valence-corrected chi connectivity index (χ0v) is 20.8. The molecule has 6 nitrogen and oxygen atoms in total. The summed E-state index contributed by atoms with van der Waals surface area (Å²) < 4.78 is 5.87. The molecule has 1 atom stereocenters. The lowest BCUT2D eigenvalue weighted by Crippen LogP contribution is -2.30. The van der Waals surface area contributed by atoms with E-state index in [0.717, 1.165) is 22.4 Å². The third kappa shape index (κ3) is 6.29. The Morgan fingerprint density at radius 2 is 2.00 bits per heavy atom. The van der Waals surface area contributed by atoms with E-state index in [1.54, 1.807) is 19.2 Å². The number of carbonyl (C=O) groups is 1. The number of allylic oxidation sites excluding steroid dienone is 2. The molecule has 0 aromatic heterocycles. The Hall–Kier alpha value is -3.51. The van der Waals surface area contributed by atoms with Gasteiger partial charge in [-0.15, -0.1) is 0 Å². The molecule has 0 fully saturated rings.